The van der Waals surface area contributed by atoms with Crippen LogP contribution >= 0.6 is 0 Å². The third-order valence-electron chi connectivity index (χ3n) is 4.09. The number of nitrogens with one attached hydrogen (secondary N) is 3. The third-order valence-corrected chi connectivity index (χ3v) is 4.09. The van der Waals surface area contributed by atoms with Crippen molar-refractivity contribution in [1.29, 1.82) is 0 Å². The fourth-order valence-corrected chi connectivity index (χ4v) is 2.25. The number of nitrogens with two attached hydrogens (primary N) is 1. The van der Waals surface area contributed by atoms with Gasteiger partial charge in [0.2, 0.25) is 17.7 Å². The monoisotopic (exact) mass is 448 g/mol. The van der Waals surface area contributed by atoms with E-state index in [0.29, 0.717) is 0 Å². The van der Waals surface area contributed by atoms with Crippen molar-refractivity contribution in [2.45, 2.75) is 63.9 Å². The van der Waals surface area contributed by atoms with Crippen LogP contribution in [0.2, 0.25) is 0 Å². The predicted molar refractivity (Wildman–Crippen MR) is 102 cm³/mol. The maximum Gasteiger partial charge on any atom is 0.328 e. The van der Waals surface area contributed by atoms with E-state index in [1.54, 1.807) is 13.8 Å². The molecule has 31 heavy (non-hydrogen) atoms. The lowest BCUT2D eigenvalue weighted by Gasteiger charge is -2.25. The summed E-state index contributed by atoms with van der Waals surface area (Å²) in [6, 6.07) is -6.37. The minimum absolute atomic E-state index is 0.340. The summed E-state index contributed by atoms with van der Waals surface area (Å²) in [7, 11) is 0. The first kappa shape index (κ1) is 27.7. The van der Waals surface area contributed by atoms with E-state index in [4.69, 9.17) is 21.1 Å². The Morgan fingerprint density at radius 3 is 1.45 bits per heavy atom. The summed E-state index contributed by atoms with van der Waals surface area (Å²) in [5.41, 5.74) is 5.65. The Morgan fingerprint density at radius 2 is 1.13 bits per heavy atom. The van der Waals surface area contributed by atoms with E-state index in [-0.39, 0.29) is 5.92 Å². The number of carboxylic acid groups (broad SMARTS) is 3. The molecule has 0 heterocycles. The van der Waals surface area contributed by atoms with Gasteiger partial charge < -0.3 is 42.1 Å². The summed E-state index contributed by atoms with van der Waals surface area (Å²) in [5.74, 6) is -8.24. The lowest BCUT2D eigenvalue weighted by Crippen LogP contribution is -2.59. The van der Waals surface area contributed by atoms with Crippen LogP contribution in [0, 0.1) is 5.92 Å². The maximum atomic E-state index is 12.5. The topological polar surface area (TPSA) is 245 Å². The van der Waals surface area contributed by atoms with Gasteiger partial charge in [-0.1, -0.05) is 13.8 Å². The number of hydrogen-bond acceptors (Lipinski definition) is 8. The van der Waals surface area contributed by atoms with Gasteiger partial charge in [0.25, 0.3) is 0 Å². The molecule has 0 saturated heterocycles. The molecular formula is C17H28N4O10. The zero-order valence-corrected chi connectivity index (χ0v) is 17.2. The van der Waals surface area contributed by atoms with Gasteiger partial charge in [-0.3, -0.25) is 24.0 Å². The molecule has 0 saturated carbocycles. The summed E-state index contributed by atoms with van der Waals surface area (Å²) in [4.78, 5) is 70.1. The number of aliphatic hydroxyl groups excluding tert-OH is 1. The van der Waals surface area contributed by atoms with Crippen LogP contribution in [0.3, 0.4) is 0 Å². The molecule has 0 rings (SSSR count). The molecule has 0 aliphatic carbocycles. The SMILES string of the molecule is CC(C)C(N)C(=O)NC(CC(=O)O)C(=O)NC(CC(=O)O)C(=O)NC(C(=O)O)C(C)O. The van der Waals surface area contributed by atoms with Crippen molar-refractivity contribution in [2.75, 3.05) is 0 Å². The van der Waals surface area contributed by atoms with Crippen molar-refractivity contribution in [3.05, 3.63) is 0 Å². The first-order valence-electron chi connectivity index (χ1n) is 9.18. The zero-order valence-electron chi connectivity index (χ0n) is 17.2. The minimum Gasteiger partial charge on any atom is -0.481 e. The number of aliphatic hydroxyl groups is 1. The first-order valence-corrected chi connectivity index (χ1v) is 9.18. The summed E-state index contributed by atoms with van der Waals surface area (Å²) in [6.07, 6.45) is -3.42. The zero-order chi connectivity index (χ0) is 24.5. The van der Waals surface area contributed by atoms with Crippen molar-refractivity contribution >= 4 is 35.6 Å². The van der Waals surface area contributed by atoms with Crippen LogP contribution in [0.5, 0.6) is 0 Å². The Labute approximate surface area is 177 Å². The Balaban J connectivity index is 5.56. The van der Waals surface area contributed by atoms with Gasteiger partial charge in [0.15, 0.2) is 6.04 Å². The van der Waals surface area contributed by atoms with Gasteiger partial charge in [-0.05, 0) is 12.8 Å². The van der Waals surface area contributed by atoms with E-state index in [0.717, 1.165) is 6.92 Å². The molecule has 5 unspecified atom stereocenters. The second-order valence-electron chi connectivity index (χ2n) is 7.15. The van der Waals surface area contributed by atoms with E-state index in [9.17, 15) is 33.9 Å². The molecule has 0 aromatic heterocycles. The number of hydrogen-bond donors (Lipinski definition) is 8. The van der Waals surface area contributed by atoms with Crippen LogP contribution in [0.4, 0.5) is 0 Å². The summed E-state index contributed by atoms with van der Waals surface area (Å²) in [5, 5.41) is 42.4. The Morgan fingerprint density at radius 1 is 0.742 bits per heavy atom. The second-order valence-corrected chi connectivity index (χ2v) is 7.15. The number of rotatable bonds is 13. The lowest BCUT2D eigenvalue weighted by atomic mass is 10.0. The van der Waals surface area contributed by atoms with Gasteiger partial charge in [0.05, 0.1) is 25.0 Å². The van der Waals surface area contributed by atoms with Crippen molar-refractivity contribution in [2.24, 2.45) is 11.7 Å². The highest BCUT2D eigenvalue weighted by Crippen LogP contribution is 2.03. The molecule has 0 spiro atoms. The molecule has 176 valence electrons. The van der Waals surface area contributed by atoms with Gasteiger partial charge in [-0.2, -0.15) is 0 Å². The van der Waals surface area contributed by atoms with Gasteiger partial charge in [0.1, 0.15) is 12.1 Å². The van der Waals surface area contributed by atoms with E-state index in [1.807, 2.05) is 10.6 Å². The molecule has 0 fully saturated rings. The average Bonchev–Trinajstić information content (AvgIpc) is 2.62. The molecule has 0 aromatic carbocycles. The molecule has 14 heteroatoms. The molecule has 0 aliphatic rings. The third kappa shape index (κ3) is 9.86. The van der Waals surface area contributed by atoms with Crippen molar-refractivity contribution < 1.29 is 49.2 Å². The predicted octanol–water partition coefficient (Wildman–Crippen LogP) is -3.16. The molecule has 5 atom stereocenters. The maximum absolute atomic E-state index is 12.5. The molecular weight excluding hydrogens is 420 g/mol. The molecule has 0 radical (unpaired) electrons. The molecule has 0 bridgehead atoms. The first-order chi connectivity index (χ1) is 14.2. The lowest BCUT2D eigenvalue weighted by molar-refractivity contribution is -0.146. The van der Waals surface area contributed by atoms with E-state index >= 15 is 0 Å². The smallest absolute Gasteiger partial charge is 0.328 e. The molecule has 14 nitrogen and oxygen atoms in total. The molecule has 0 aliphatic heterocycles. The van der Waals surface area contributed by atoms with Crippen LogP contribution in [-0.2, 0) is 28.8 Å². The van der Waals surface area contributed by atoms with Crippen LogP contribution in [0.25, 0.3) is 0 Å². The number of carbonyl (C=O) groups is 6. The minimum atomic E-state index is -1.82. The molecule has 3 amide bonds. The molecule has 9 N–H and O–H groups in total. The highest BCUT2D eigenvalue weighted by molar-refractivity contribution is 5.96. The highest BCUT2D eigenvalue weighted by Gasteiger charge is 2.33. The van der Waals surface area contributed by atoms with Gasteiger partial charge in [-0.15, -0.1) is 0 Å². The van der Waals surface area contributed by atoms with Crippen LogP contribution in [0.15, 0.2) is 0 Å². The summed E-state index contributed by atoms with van der Waals surface area (Å²) in [6.45, 7) is 4.30. The quantitative estimate of drug-likeness (QED) is 0.140. The van der Waals surface area contributed by atoms with Gasteiger partial charge >= 0.3 is 17.9 Å². The number of amides is 3. The Bertz CT molecular complexity index is 709. The fraction of sp³-hybridized carbons (Fsp3) is 0.647. The number of aliphatic carboxylic acids is 3. The van der Waals surface area contributed by atoms with Gasteiger partial charge in [0, 0.05) is 0 Å². The standard InChI is InChI=1S/C17H28N4O10/c1-6(2)12(18)16(29)20-8(4-10(23)24)14(27)19-9(5-11(25)26)15(28)21-13(7(3)22)17(30)31/h6-9,12-13,22H,4-5,18H2,1-3H3,(H,19,27)(H,20,29)(H,21,28)(H,23,24)(H,25,26)(H,30,31). The van der Waals surface area contributed by atoms with E-state index < -0.39 is 78.7 Å². The second kappa shape index (κ2) is 12.4. The Hall–Kier alpha value is -3.26. The molecule has 0 aromatic rings. The average molecular weight is 448 g/mol. The van der Waals surface area contributed by atoms with Crippen molar-refractivity contribution in [3.8, 4) is 0 Å². The highest BCUT2D eigenvalue weighted by atomic mass is 16.4. The van der Waals surface area contributed by atoms with Crippen molar-refractivity contribution in [3.63, 3.8) is 0 Å². The fourth-order valence-electron chi connectivity index (χ4n) is 2.25. The van der Waals surface area contributed by atoms with Crippen molar-refractivity contribution in [1.82, 2.24) is 16.0 Å². The van der Waals surface area contributed by atoms with Crippen LogP contribution < -0.4 is 21.7 Å². The summed E-state index contributed by atoms with van der Waals surface area (Å²) < 4.78 is 0. The van der Waals surface area contributed by atoms with Crippen LogP contribution in [0.1, 0.15) is 33.6 Å². The van der Waals surface area contributed by atoms with Crippen LogP contribution in [-0.4, -0.2) is 86.3 Å². The van der Waals surface area contributed by atoms with E-state index in [2.05, 4.69) is 5.32 Å². The largest absolute Gasteiger partial charge is 0.481 e. The summed E-state index contributed by atoms with van der Waals surface area (Å²) >= 11 is 0. The number of carboxylic acids is 3. The number of carbonyl (C=O) groups excluding carboxylic acids is 3. The van der Waals surface area contributed by atoms with Gasteiger partial charge in [-0.25, -0.2) is 4.79 Å². The Kier molecular flexibility index (Phi) is 11.1. The normalized spacial score (nSPS) is 15.7. The van der Waals surface area contributed by atoms with E-state index in [1.165, 1.54) is 0 Å².